The van der Waals surface area contributed by atoms with Crippen LogP contribution in [0.3, 0.4) is 0 Å². The SMILES string of the molecule is Cc1cccnc1-c1cc(CN2CC[C@]3(C=CS(=O)(=O)N3c3cnccn3)C[C@@H]2C)ccc1O. The zero-order valence-electron chi connectivity index (χ0n) is 19.2. The Labute approximate surface area is 199 Å². The number of rotatable bonds is 4. The molecule has 2 aliphatic rings. The van der Waals surface area contributed by atoms with E-state index in [4.69, 9.17) is 0 Å². The standard InChI is InChI=1S/C25H27N5O3S/c1-18-4-3-9-28-24(18)21-14-20(5-6-22(21)31)17-29-12-7-25(15-19(29)2)8-13-34(32,33)30(25)23-16-26-10-11-27-23/h3-6,8-11,13-14,16,19,31H,7,12,15,17H2,1-2H3/t19-,25-/m0/s1. The summed E-state index contributed by atoms with van der Waals surface area (Å²) in [6, 6.07) is 9.63. The molecule has 0 saturated carbocycles. The number of phenolic OH excluding ortho intramolecular Hbond substituents is 1. The van der Waals surface area contributed by atoms with Crippen molar-refractivity contribution < 1.29 is 13.5 Å². The molecule has 8 nitrogen and oxygen atoms in total. The average Bonchev–Trinajstić information content (AvgIpc) is 3.07. The third kappa shape index (κ3) is 3.95. The van der Waals surface area contributed by atoms with Gasteiger partial charge in [0.2, 0.25) is 0 Å². The van der Waals surface area contributed by atoms with Gasteiger partial charge in [0, 0.05) is 48.7 Å². The van der Waals surface area contributed by atoms with Gasteiger partial charge in [0.15, 0.2) is 5.82 Å². The predicted octanol–water partition coefficient (Wildman–Crippen LogP) is 3.64. The van der Waals surface area contributed by atoms with Crippen molar-refractivity contribution in [2.75, 3.05) is 10.8 Å². The largest absolute Gasteiger partial charge is 0.507 e. The van der Waals surface area contributed by atoms with E-state index in [0.717, 1.165) is 28.9 Å². The van der Waals surface area contributed by atoms with Gasteiger partial charge in [-0.25, -0.2) is 17.7 Å². The van der Waals surface area contributed by atoms with Gasteiger partial charge in [-0.1, -0.05) is 12.1 Å². The van der Waals surface area contributed by atoms with E-state index in [1.807, 2.05) is 37.3 Å². The molecule has 0 radical (unpaired) electrons. The quantitative estimate of drug-likeness (QED) is 0.612. The molecule has 1 fully saturated rings. The maximum Gasteiger partial charge on any atom is 0.259 e. The number of piperidine rings is 1. The first-order chi connectivity index (χ1) is 16.3. The first-order valence-corrected chi connectivity index (χ1v) is 12.8. The Hall–Kier alpha value is -3.30. The molecule has 2 aromatic heterocycles. The van der Waals surface area contributed by atoms with Crippen LogP contribution in [0.2, 0.25) is 0 Å². The van der Waals surface area contributed by atoms with Gasteiger partial charge >= 0.3 is 0 Å². The number of aryl methyl sites for hydroxylation is 1. The molecule has 0 bridgehead atoms. The van der Waals surface area contributed by atoms with Crippen molar-refractivity contribution in [3.05, 3.63) is 77.7 Å². The van der Waals surface area contributed by atoms with Crippen LogP contribution in [0.1, 0.15) is 30.9 Å². The van der Waals surface area contributed by atoms with Crippen molar-refractivity contribution in [3.8, 4) is 17.0 Å². The number of likely N-dealkylation sites (tertiary alicyclic amines) is 1. The minimum Gasteiger partial charge on any atom is -0.507 e. The van der Waals surface area contributed by atoms with Crippen LogP contribution in [0, 0.1) is 6.92 Å². The molecule has 1 saturated heterocycles. The van der Waals surface area contributed by atoms with Crippen molar-refractivity contribution in [2.24, 2.45) is 0 Å². The summed E-state index contributed by atoms with van der Waals surface area (Å²) in [5.74, 6) is 0.555. The van der Waals surface area contributed by atoms with Crippen LogP contribution < -0.4 is 4.31 Å². The maximum atomic E-state index is 12.9. The third-order valence-corrected chi connectivity index (χ3v) is 8.32. The van der Waals surface area contributed by atoms with Crippen molar-refractivity contribution in [1.82, 2.24) is 19.9 Å². The smallest absolute Gasteiger partial charge is 0.259 e. The number of pyridine rings is 1. The van der Waals surface area contributed by atoms with Crippen molar-refractivity contribution in [1.29, 1.82) is 0 Å². The fraction of sp³-hybridized carbons (Fsp3) is 0.320. The lowest BCUT2D eigenvalue weighted by atomic mass is 9.83. The van der Waals surface area contributed by atoms with Crippen molar-refractivity contribution >= 4 is 15.8 Å². The second kappa shape index (κ2) is 8.48. The van der Waals surface area contributed by atoms with E-state index >= 15 is 0 Å². The van der Waals surface area contributed by atoms with E-state index < -0.39 is 15.6 Å². The Bertz CT molecular complexity index is 1350. The van der Waals surface area contributed by atoms with E-state index in [-0.39, 0.29) is 11.8 Å². The number of sulfonamides is 1. The summed E-state index contributed by atoms with van der Waals surface area (Å²) < 4.78 is 27.2. The second-order valence-electron chi connectivity index (χ2n) is 9.07. The second-order valence-corrected chi connectivity index (χ2v) is 10.7. The number of phenols is 1. The highest BCUT2D eigenvalue weighted by atomic mass is 32.2. The molecule has 34 heavy (non-hydrogen) atoms. The van der Waals surface area contributed by atoms with Gasteiger partial charge in [-0.05, 0) is 62.1 Å². The fourth-order valence-electron chi connectivity index (χ4n) is 5.09. The lowest BCUT2D eigenvalue weighted by Gasteiger charge is -2.46. The van der Waals surface area contributed by atoms with Gasteiger partial charge < -0.3 is 5.11 Å². The molecule has 0 aliphatic carbocycles. The topological polar surface area (TPSA) is 99.5 Å². The Morgan fingerprint density at radius 3 is 2.76 bits per heavy atom. The predicted molar refractivity (Wildman–Crippen MR) is 130 cm³/mol. The summed E-state index contributed by atoms with van der Waals surface area (Å²) in [7, 11) is -3.60. The van der Waals surface area contributed by atoms with Gasteiger partial charge in [-0.15, -0.1) is 0 Å². The van der Waals surface area contributed by atoms with Crippen LogP contribution in [0.15, 0.2) is 66.6 Å². The van der Waals surface area contributed by atoms with Gasteiger partial charge in [0.1, 0.15) is 5.75 Å². The van der Waals surface area contributed by atoms with Crippen LogP contribution in [0.5, 0.6) is 5.75 Å². The number of aromatic nitrogens is 3. The van der Waals surface area contributed by atoms with E-state index in [0.29, 0.717) is 25.2 Å². The van der Waals surface area contributed by atoms with Gasteiger partial charge in [0.05, 0.1) is 17.4 Å². The number of aromatic hydroxyl groups is 1. The Morgan fingerprint density at radius 1 is 1.18 bits per heavy atom. The summed E-state index contributed by atoms with van der Waals surface area (Å²) in [5, 5.41) is 11.8. The molecule has 3 aromatic rings. The molecule has 2 atom stereocenters. The normalized spacial score (nSPS) is 24.1. The van der Waals surface area contributed by atoms with Crippen molar-refractivity contribution in [2.45, 2.75) is 44.8 Å². The zero-order chi connectivity index (χ0) is 23.9. The highest BCUT2D eigenvalue weighted by molar-refractivity contribution is 7.96. The maximum absolute atomic E-state index is 12.9. The molecular formula is C25H27N5O3S. The number of benzene rings is 1. The molecule has 2 aliphatic heterocycles. The molecule has 4 heterocycles. The molecule has 1 spiro atoms. The molecule has 0 amide bonds. The zero-order valence-corrected chi connectivity index (χ0v) is 20.0. The molecule has 9 heteroatoms. The van der Waals surface area contributed by atoms with Crippen LogP contribution in [-0.4, -0.2) is 51.5 Å². The summed E-state index contributed by atoms with van der Waals surface area (Å²) >= 11 is 0. The van der Waals surface area contributed by atoms with E-state index in [2.05, 4.69) is 26.8 Å². The van der Waals surface area contributed by atoms with Crippen LogP contribution in [0.4, 0.5) is 5.82 Å². The highest BCUT2D eigenvalue weighted by Gasteiger charge is 2.49. The Kier molecular flexibility index (Phi) is 5.61. The van der Waals surface area contributed by atoms with E-state index in [1.165, 1.54) is 28.3 Å². The van der Waals surface area contributed by atoms with Crippen LogP contribution in [0.25, 0.3) is 11.3 Å². The lowest BCUT2D eigenvalue weighted by molar-refractivity contribution is 0.119. The minimum absolute atomic E-state index is 0.125. The molecular weight excluding hydrogens is 450 g/mol. The minimum atomic E-state index is -3.60. The molecule has 5 rings (SSSR count). The average molecular weight is 478 g/mol. The highest BCUT2D eigenvalue weighted by Crippen LogP contribution is 2.42. The van der Waals surface area contributed by atoms with E-state index in [1.54, 1.807) is 12.3 Å². The molecule has 1 N–H and O–H groups in total. The van der Waals surface area contributed by atoms with Crippen LogP contribution in [-0.2, 0) is 16.6 Å². The fourth-order valence-corrected chi connectivity index (χ4v) is 6.73. The molecule has 176 valence electrons. The molecule has 1 aromatic carbocycles. The van der Waals surface area contributed by atoms with Gasteiger partial charge in [0.25, 0.3) is 10.0 Å². The van der Waals surface area contributed by atoms with Crippen molar-refractivity contribution in [3.63, 3.8) is 0 Å². The van der Waals surface area contributed by atoms with Crippen LogP contribution >= 0.6 is 0 Å². The summed E-state index contributed by atoms with van der Waals surface area (Å²) in [5.41, 5.74) is 2.92. The summed E-state index contributed by atoms with van der Waals surface area (Å²) in [6.45, 7) is 5.51. The van der Waals surface area contributed by atoms with E-state index in [9.17, 15) is 13.5 Å². The first-order valence-electron chi connectivity index (χ1n) is 11.3. The monoisotopic (exact) mass is 477 g/mol. The summed E-state index contributed by atoms with van der Waals surface area (Å²) in [6.07, 6.45) is 9.38. The van der Waals surface area contributed by atoms with Gasteiger partial charge in [-0.2, -0.15) is 0 Å². The summed E-state index contributed by atoms with van der Waals surface area (Å²) in [4.78, 5) is 15.2. The Balaban J connectivity index is 1.38. The lowest BCUT2D eigenvalue weighted by Crippen LogP contribution is -2.56. The van der Waals surface area contributed by atoms with Gasteiger partial charge in [-0.3, -0.25) is 14.9 Å². The molecule has 0 unspecified atom stereocenters. The Morgan fingerprint density at radius 2 is 2.03 bits per heavy atom. The number of anilines is 1. The number of hydrogen-bond acceptors (Lipinski definition) is 7. The number of hydrogen-bond donors (Lipinski definition) is 1. The number of nitrogens with zero attached hydrogens (tertiary/aromatic N) is 5. The third-order valence-electron chi connectivity index (χ3n) is 6.78. The first kappa shape index (κ1) is 22.5.